The van der Waals surface area contributed by atoms with Crippen molar-refractivity contribution in [3.8, 4) is 0 Å². The Balaban J connectivity index is 1.47. The maximum Gasteiger partial charge on any atom is 0.111 e. The van der Waals surface area contributed by atoms with E-state index in [-0.39, 0.29) is 0 Å². The third kappa shape index (κ3) is 5.10. The molecule has 0 amide bonds. The summed E-state index contributed by atoms with van der Waals surface area (Å²) in [5.74, 6) is 0.414. The number of hydrogen-bond acceptors (Lipinski definition) is 2. The van der Waals surface area contributed by atoms with Crippen LogP contribution in [0.3, 0.4) is 0 Å². The van der Waals surface area contributed by atoms with Gasteiger partial charge in [0.1, 0.15) is 5.69 Å². The Labute approximate surface area is 188 Å². The lowest BCUT2D eigenvalue weighted by Crippen LogP contribution is -2.25. The maximum atomic E-state index is 11.7. The number of hydrogen-bond donors (Lipinski definition) is 0. The molecule has 0 aliphatic heterocycles. The zero-order valence-electron chi connectivity index (χ0n) is 19.8. The minimum absolute atomic E-state index is 0.414. The van der Waals surface area contributed by atoms with Crippen molar-refractivity contribution < 1.29 is 0 Å². The van der Waals surface area contributed by atoms with Crippen LogP contribution in [0.1, 0.15) is 105 Å². The van der Waals surface area contributed by atoms with Gasteiger partial charge >= 0.3 is 0 Å². The largest absolute Gasteiger partial charge is 0.145 e. The fourth-order valence-corrected chi connectivity index (χ4v) is 5.89. The van der Waals surface area contributed by atoms with Gasteiger partial charge in [0, 0.05) is 0 Å². The van der Waals surface area contributed by atoms with E-state index in [4.69, 9.17) is 0 Å². The summed E-state index contributed by atoms with van der Waals surface area (Å²) in [5.41, 5.74) is 9.88. The molecular formula is C29H39NO. The number of unbranched alkanes of at least 4 members (excludes halogenated alkanes) is 4. The highest BCUT2D eigenvalue weighted by atomic mass is 16.3. The van der Waals surface area contributed by atoms with E-state index in [1.165, 1.54) is 62.5 Å². The summed E-state index contributed by atoms with van der Waals surface area (Å²) < 4.78 is 0. The van der Waals surface area contributed by atoms with Gasteiger partial charge in [0.15, 0.2) is 0 Å². The van der Waals surface area contributed by atoms with Crippen LogP contribution in [-0.2, 0) is 32.1 Å². The molecule has 4 rings (SSSR count). The minimum atomic E-state index is 0.414. The highest BCUT2D eigenvalue weighted by molar-refractivity contribution is 5.53. The normalized spacial score (nSPS) is 19.5. The van der Waals surface area contributed by atoms with Crippen molar-refractivity contribution in [2.45, 2.75) is 104 Å². The Morgan fingerprint density at radius 1 is 0.968 bits per heavy atom. The van der Waals surface area contributed by atoms with E-state index < -0.39 is 0 Å². The van der Waals surface area contributed by atoms with Crippen LogP contribution >= 0.6 is 0 Å². The number of aryl methyl sites for hydroxylation is 1. The van der Waals surface area contributed by atoms with Crippen LogP contribution in [0.15, 0.2) is 35.5 Å². The van der Waals surface area contributed by atoms with E-state index in [0.29, 0.717) is 17.0 Å². The molecule has 31 heavy (non-hydrogen) atoms. The first-order chi connectivity index (χ1) is 15.0. The summed E-state index contributed by atoms with van der Waals surface area (Å²) in [6.07, 6.45) is 14.5. The van der Waals surface area contributed by atoms with Gasteiger partial charge in [-0.25, -0.2) is 0 Å². The van der Waals surface area contributed by atoms with Crippen molar-refractivity contribution in [3.05, 3.63) is 68.6 Å². The quantitative estimate of drug-likeness (QED) is 0.313. The van der Waals surface area contributed by atoms with Gasteiger partial charge in [0.25, 0.3) is 0 Å². The van der Waals surface area contributed by atoms with E-state index >= 15 is 0 Å². The molecule has 0 bridgehead atoms. The van der Waals surface area contributed by atoms with Crippen LogP contribution in [-0.4, -0.2) is 0 Å². The first-order valence-corrected chi connectivity index (χ1v) is 12.6. The molecule has 0 fully saturated rings. The second-order valence-electron chi connectivity index (χ2n) is 10.8. The summed E-state index contributed by atoms with van der Waals surface area (Å²) in [6, 6.07) is 11.3. The molecule has 0 heterocycles. The number of nitroso groups, excluding NO2 is 1. The Bertz CT molecular complexity index is 927. The first-order valence-electron chi connectivity index (χ1n) is 12.6. The molecule has 0 radical (unpaired) electrons. The van der Waals surface area contributed by atoms with Crippen LogP contribution < -0.4 is 0 Å². The number of benzene rings is 2. The summed E-state index contributed by atoms with van der Waals surface area (Å²) in [6.45, 7) is 7.04. The molecule has 1 unspecified atom stereocenters. The molecular weight excluding hydrogens is 378 g/mol. The van der Waals surface area contributed by atoms with E-state index in [1.54, 1.807) is 16.7 Å². The topological polar surface area (TPSA) is 29.4 Å². The molecule has 0 saturated carbocycles. The minimum Gasteiger partial charge on any atom is -0.145 e. The second-order valence-corrected chi connectivity index (χ2v) is 10.8. The van der Waals surface area contributed by atoms with Gasteiger partial charge in [-0.1, -0.05) is 70.7 Å². The average molecular weight is 418 g/mol. The van der Waals surface area contributed by atoms with E-state index in [2.05, 4.69) is 56.3 Å². The van der Waals surface area contributed by atoms with E-state index in [1.807, 2.05) is 0 Å². The monoisotopic (exact) mass is 417 g/mol. The van der Waals surface area contributed by atoms with Crippen LogP contribution in [0, 0.1) is 10.3 Å². The lowest BCUT2D eigenvalue weighted by molar-refractivity contribution is 0.314. The van der Waals surface area contributed by atoms with Crippen molar-refractivity contribution >= 4 is 5.69 Å². The first kappa shape index (κ1) is 22.2. The zero-order valence-corrected chi connectivity index (χ0v) is 19.8. The number of nitrogens with zero attached hydrogens (tertiary/aromatic N) is 1. The van der Waals surface area contributed by atoms with Crippen molar-refractivity contribution in [2.24, 2.45) is 10.6 Å². The van der Waals surface area contributed by atoms with Crippen molar-refractivity contribution in [2.75, 3.05) is 0 Å². The Kier molecular flexibility index (Phi) is 6.94. The predicted octanol–water partition coefficient (Wildman–Crippen LogP) is 8.38. The van der Waals surface area contributed by atoms with Crippen LogP contribution in [0.2, 0.25) is 0 Å². The molecule has 1 atom stereocenters. The fourth-order valence-electron chi connectivity index (χ4n) is 5.89. The number of rotatable bonds is 8. The van der Waals surface area contributed by atoms with Crippen molar-refractivity contribution in [1.82, 2.24) is 0 Å². The summed E-state index contributed by atoms with van der Waals surface area (Å²) in [5, 5.41) is 3.46. The SMILES string of the molecule is CCCCCCCc1ccc(C2CCc3c(ccc4c3CCC(C)(C)C4)C2)c(N=O)c1. The van der Waals surface area contributed by atoms with Gasteiger partial charge in [-0.2, -0.15) is 0 Å². The van der Waals surface area contributed by atoms with Crippen LogP contribution in [0.25, 0.3) is 0 Å². The van der Waals surface area contributed by atoms with Gasteiger partial charge in [0.2, 0.25) is 0 Å². The van der Waals surface area contributed by atoms with Gasteiger partial charge in [-0.05, 0) is 107 Å². The third-order valence-electron chi connectivity index (χ3n) is 7.76. The lowest BCUT2D eigenvalue weighted by Gasteiger charge is -2.35. The number of fused-ring (bicyclic) bond motifs is 3. The van der Waals surface area contributed by atoms with Gasteiger partial charge in [0.05, 0.1) is 0 Å². The summed E-state index contributed by atoms with van der Waals surface area (Å²) >= 11 is 0. The fraction of sp³-hybridized carbons (Fsp3) is 0.586. The van der Waals surface area contributed by atoms with Gasteiger partial charge in [-0.15, -0.1) is 4.91 Å². The van der Waals surface area contributed by atoms with Gasteiger partial charge in [-0.3, -0.25) is 0 Å². The third-order valence-corrected chi connectivity index (χ3v) is 7.76. The van der Waals surface area contributed by atoms with Crippen LogP contribution in [0.4, 0.5) is 5.69 Å². The zero-order chi connectivity index (χ0) is 21.8. The molecule has 2 aromatic rings. The summed E-state index contributed by atoms with van der Waals surface area (Å²) in [4.78, 5) is 11.7. The van der Waals surface area contributed by atoms with Crippen LogP contribution in [0.5, 0.6) is 0 Å². The highest BCUT2D eigenvalue weighted by Gasteiger charge is 2.30. The highest BCUT2D eigenvalue weighted by Crippen LogP contribution is 2.42. The molecule has 0 spiro atoms. The molecule has 0 N–H and O–H groups in total. The molecule has 0 saturated heterocycles. The lowest BCUT2D eigenvalue weighted by atomic mass is 9.70. The molecule has 2 nitrogen and oxygen atoms in total. The Hall–Kier alpha value is -1.96. The summed E-state index contributed by atoms with van der Waals surface area (Å²) in [7, 11) is 0. The molecule has 2 aliphatic carbocycles. The Morgan fingerprint density at radius 2 is 1.74 bits per heavy atom. The van der Waals surface area contributed by atoms with E-state index in [0.717, 1.165) is 31.2 Å². The standard InChI is InChI=1S/C29H39NO/c1-4-5-6-7-8-9-21-10-14-27(28(18-21)30-31)23-13-15-25-22(19-23)11-12-24-20-29(2,3)17-16-26(24)25/h10-12,14,18,23H,4-9,13,15-17,19-20H2,1-3H3. The molecule has 0 aromatic heterocycles. The van der Waals surface area contributed by atoms with Gasteiger partial charge < -0.3 is 0 Å². The van der Waals surface area contributed by atoms with Crippen molar-refractivity contribution in [3.63, 3.8) is 0 Å². The molecule has 166 valence electrons. The predicted molar refractivity (Wildman–Crippen MR) is 131 cm³/mol. The molecule has 2 aliphatic rings. The molecule has 2 aromatic carbocycles. The maximum absolute atomic E-state index is 11.7. The van der Waals surface area contributed by atoms with E-state index in [9.17, 15) is 4.91 Å². The van der Waals surface area contributed by atoms with Crippen molar-refractivity contribution in [1.29, 1.82) is 0 Å². The molecule has 2 heteroatoms. The second kappa shape index (κ2) is 9.67. The smallest absolute Gasteiger partial charge is 0.111 e. The Morgan fingerprint density at radius 3 is 2.55 bits per heavy atom. The average Bonchev–Trinajstić information content (AvgIpc) is 2.77.